The van der Waals surface area contributed by atoms with Gasteiger partial charge in [0.1, 0.15) is 0 Å². The van der Waals surface area contributed by atoms with E-state index in [1.54, 1.807) is 6.20 Å². The highest BCUT2D eigenvalue weighted by Gasteiger charge is 2.11. The number of amides is 1. The summed E-state index contributed by atoms with van der Waals surface area (Å²) in [5, 5.41) is 5.44. The van der Waals surface area contributed by atoms with Crippen LogP contribution in [-0.4, -0.2) is 22.4 Å². The van der Waals surface area contributed by atoms with Crippen LogP contribution < -0.4 is 5.32 Å². The summed E-state index contributed by atoms with van der Waals surface area (Å²) in [5.74, 6) is -1.20. The van der Waals surface area contributed by atoms with Gasteiger partial charge in [-0.2, -0.15) is 4.39 Å². The van der Waals surface area contributed by atoms with Gasteiger partial charge < -0.3 is 5.32 Å². The van der Waals surface area contributed by atoms with E-state index >= 15 is 0 Å². The van der Waals surface area contributed by atoms with Crippen LogP contribution in [0.5, 0.6) is 0 Å². The van der Waals surface area contributed by atoms with E-state index < -0.39 is 11.9 Å². The molecule has 0 aliphatic heterocycles. The maximum Gasteiger partial charge on any atom is 0.255 e. The molecule has 1 N–H and O–H groups in total. The van der Waals surface area contributed by atoms with Crippen molar-refractivity contribution >= 4 is 17.2 Å². The van der Waals surface area contributed by atoms with Crippen LogP contribution >= 0.6 is 11.3 Å². The van der Waals surface area contributed by atoms with Crippen LogP contribution in [-0.2, 0) is 6.42 Å². The number of nitrogens with zero attached hydrogens (tertiary/aromatic N) is 2. The van der Waals surface area contributed by atoms with Crippen molar-refractivity contribution < 1.29 is 9.18 Å². The summed E-state index contributed by atoms with van der Waals surface area (Å²) in [6, 6.07) is 2.93. The fraction of sp³-hybridized carbons (Fsp3) is 0.182. The van der Waals surface area contributed by atoms with E-state index in [0.717, 1.165) is 5.01 Å². The number of carbonyl (C=O) groups excluding carboxylic acids is 1. The van der Waals surface area contributed by atoms with Gasteiger partial charge in [0.2, 0.25) is 5.95 Å². The molecule has 0 fully saturated rings. The lowest BCUT2D eigenvalue weighted by molar-refractivity contribution is 0.0949. The Bertz CT molecular complexity index is 501. The Kier molecular flexibility index (Phi) is 3.77. The zero-order valence-electron chi connectivity index (χ0n) is 8.89. The summed E-state index contributed by atoms with van der Waals surface area (Å²) in [7, 11) is 0. The molecule has 17 heavy (non-hydrogen) atoms. The Morgan fingerprint density at radius 3 is 3.00 bits per heavy atom. The van der Waals surface area contributed by atoms with Crippen molar-refractivity contribution in [3.05, 3.63) is 46.4 Å². The zero-order chi connectivity index (χ0) is 12.1. The number of aromatic nitrogens is 2. The quantitative estimate of drug-likeness (QED) is 0.841. The largest absolute Gasteiger partial charge is 0.351 e. The van der Waals surface area contributed by atoms with Gasteiger partial charge in [0, 0.05) is 30.7 Å². The molecule has 0 aliphatic carbocycles. The molecule has 0 spiro atoms. The molecule has 0 unspecified atom stereocenters. The number of pyridine rings is 1. The van der Waals surface area contributed by atoms with Crippen molar-refractivity contribution in [2.24, 2.45) is 0 Å². The third-order valence-electron chi connectivity index (χ3n) is 2.11. The van der Waals surface area contributed by atoms with E-state index in [-0.39, 0.29) is 5.56 Å². The number of carbonyl (C=O) groups is 1. The molecule has 0 radical (unpaired) electrons. The minimum atomic E-state index is -0.751. The van der Waals surface area contributed by atoms with E-state index in [0.29, 0.717) is 13.0 Å². The first-order valence-electron chi connectivity index (χ1n) is 5.04. The third kappa shape index (κ3) is 3.07. The first kappa shape index (κ1) is 11.7. The molecule has 0 saturated carbocycles. The molecular weight excluding hydrogens is 241 g/mol. The maximum atomic E-state index is 13.2. The molecule has 4 nitrogen and oxygen atoms in total. The smallest absolute Gasteiger partial charge is 0.255 e. The topological polar surface area (TPSA) is 54.9 Å². The molecule has 6 heteroatoms. The van der Waals surface area contributed by atoms with Crippen LogP contribution in [0.2, 0.25) is 0 Å². The Balaban J connectivity index is 1.88. The molecule has 2 heterocycles. The summed E-state index contributed by atoms with van der Waals surface area (Å²) in [4.78, 5) is 19.1. The van der Waals surface area contributed by atoms with Gasteiger partial charge in [-0.3, -0.25) is 4.79 Å². The SMILES string of the molecule is O=C(NCCc1nccs1)c1cccnc1F. The summed E-state index contributed by atoms with van der Waals surface area (Å²) in [6.07, 6.45) is 3.66. The number of hydrogen-bond donors (Lipinski definition) is 1. The van der Waals surface area contributed by atoms with Crippen molar-refractivity contribution in [1.29, 1.82) is 0 Å². The van der Waals surface area contributed by atoms with Gasteiger partial charge in [0.15, 0.2) is 0 Å². The van der Waals surface area contributed by atoms with Crippen LogP contribution in [0.3, 0.4) is 0 Å². The van der Waals surface area contributed by atoms with Crippen molar-refractivity contribution in [3.63, 3.8) is 0 Å². The average molecular weight is 251 g/mol. The molecule has 0 atom stereocenters. The Morgan fingerprint density at radius 1 is 1.41 bits per heavy atom. The van der Waals surface area contributed by atoms with Gasteiger partial charge >= 0.3 is 0 Å². The van der Waals surface area contributed by atoms with E-state index in [2.05, 4.69) is 15.3 Å². The summed E-state index contributed by atoms with van der Waals surface area (Å²) < 4.78 is 13.2. The van der Waals surface area contributed by atoms with Crippen molar-refractivity contribution in [3.8, 4) is 0 Å². The molecule has 0 aliphatic rings. The predicted molar refractivity (Wildman–Crippen MR) is 62.3 cm³/mol. The minimum absolute atomic E-state index is 0.0355. The summed E-state index contributed by atoms with van der Waals surface area (Å²) in [6.45, 7) is 0.431. The van der Waals surface area contributed by atoms with Crippen LogP contribution in [0, 0.1) is 5.95 Å². The summed E-state index contributed by atoms with van der Waals surface area (Å²) in [5.41, 5.74) is -0.0355. The van der Waals surface area contributed by atoms with Gasteiger partial charge in [-0.1, -0.05) is 0 Å². The van der Waals surface area contributed by atoms with E-state index in [1.165, 1.54) is 29.7 Å². The number of halogens is 1. The Morgan fingerprint density at radius 2 is 2.29 bits per heavy atom. The highest BCUT2D eigenvalue weighted by Crippen LogP contribution is 2.05. The average Bonchev–Trinajstić information content (AvgIpc) is 2.82. The number of nitrogens with one attached hydrogen (secondary N) is 1. The van der Waals surface area contributed by atoms with E-state index in [9.17, 15) is 9.18 Å². The number of thiazole rings is 1. The van der Waals surface area contributed by atoms with Crippen LogP contribution in [0.15, 0.2) is 29.9 Å². The predicted octanol–water partition coefficient (Wildman–Crippen LogP) is 1.65. The van der Waals surface area contributed by atoms with Crippen LogP contribution in [0.25, 0.3) is 0 Å². The Hall–Kier alpha value is -1.82. The van der Waals surface area contributed by atoms with Crippen LogP contribution in [0.4, 0.5) is 4.39 Å². The van der Waals surface area contributed by atoms with Gasteiger partial charge in [0.25, 0.3) is 5.91 Å². The third-order valence-corrected chi connectivity index (χ3v) is 2.95. The molecule has 0 aromatic carbocycles. The fourth-order valence-electron chi connectivity index (χ4n) is 1.31. The lowest BCUT2D eigenvalue weighted by atomic mass is 10.2. The van der Waals surface area contributed by atoms with Crippen molar-refractivity contribution in [2.45, 2.75) is 6.42 Å². The second-order valence-electron chi connectivity index (χ2n) is 3.27. The van der Waals surface area contributed by atoms with E-state index in [1.807, 2.05) is 5.38 Å². The van der Waals surface area contributed by atoms with Gasteiger partial charge in [-0.15, -0.1) is 11.3 Å². The lowest BCUT2D eigenvalue weighted by Crippen LogP contribution is -2.26. The second-order valence-corrected chi connectivity index (χ2v) is 4.25. The highest BCUT2D eigenvalue weighted by atomic mass is 32.1. The first-order chi connectivity index (χ1) is 8.27. The standard InChI is InChI=1S/C11H10FN3OS/c12-10-8(2-1-4-14-10)11(16)15-5-3-9-13-6-7-17-9/h1-2,4,6-7H,3,5H2,(H,15,16). The first-order valence-corrected chi connectivity index (χ1v) is 5.92. The fourth-order valence-corrected chi connectivity index (χ4v) is 1.93. The van der Waals surface area contributed by atoms with E-state index in [4.69, 9.17) is 0 Å². The van der Waals surface area contributed by atoms with Gasteiger partial charge in [-0.25, -0.2) is 9.97 Å². The molecular formula is C11H10FN3OS. The minimum Gasteiger partial charge on any atom is -0.351 e. The second kappa shape index (κ2) is 5.49. The van der Waals surface area contributed by atoms with Gasteiger partial charge in [0.05, 0.1) is 10.6 Å². The molecule has 1 amide bonds. The molecule has 0 saturated heterocycles. The molecule has 0 bridgehead atoms. The van der Waals surface area contributed by atoms with Gasteiger partial charge in [-0.05, 0) is 12.1 Å². The molecule has 2 rings (SSSR count). The number of hydrogen-bond acceptors (Lipinski definition) is 4. The normalized spacial score (nSPS) is 10.2. The zero-order valence-corrected chi connectivity index (χ0v) is 9.71. The summed E-state index contributed by atoms with van der Waals surface area (Å²) >= 11 is 1.52. The molecule has 2 aromatic heterocycles. The molecule has 88 valence electrons. The maximum absolute atomic E-state index is 13.2. The van der Waals surface area contributed by atoms with Crippen molar-refractivity contribution in [2.75, 3.05) is 6.54 Å². The monoisotopic (exact) mass is 251 g/mol. The highest BCUT2D eigenvalue weighted by molar-refractivity contribution is 7.09. The molecule has 2 aromatic rings. The Labute approximate surface area is 102 Å². The van der Waals surface area contributed by atoms with Crippen LogP contribution in [0.1, 0.15) is 15.4 Å². The lowest BCUT2D eigenvalue weighted by Gasteiger charge is -2.03. The number of rotatable bonds is 4. The van der Waals surface area contributed by atoms with Crippen molar-refractivity contribution in [1.82, 2.24) is 15.3 Å².